The Hall–Kier alpha value is -0.530. The van der Waals surface area contributed by atoms with Crippen LogP contribution in [0.1, 0.15) is 27.2 Å². The molecule has 0 bridgehead atoms. The molecule has 0 aliphatic rings. The van der Waals surface area contributed by atoms with Crippen molar-refractivity contribution in [3.8, 4) is 0 Å². The van der Waals surface area contributed by atoms with Crippen LogP contribution in [0.25, 0.3) is 0 Å². The highest BCUT2D eigenvalue weighted by Crippen LogP contribution is 2.15. The van der Waals surface area contributed by atoms with Crippen LogP contribution in [0.3, 0.4) is 0 Å². The average Bonchev–Trinajstić information content (AvgIpc) is 2.00. The van der Waals surface area contributed by atoms with E-state index in [1.165, 1.54) is 7.11 Å². The van der Waals surface area contributed by atoms with Crippen molar-refractivity contribution in [3.05, 3.63) is 0 Å². The van der Waals surface area contributed by atoms with E-state index in [4.69, 9.17) is 0 Å². The Morgan fingerprint density at radius 2 is 2.00 bits per heavy atom. The number of methoxy groups -OCH3 is 1. The molecule has 2 heteroatoms. The summed E-state index contributed by atoms with van der Waals surface area (Å²) in [6, 6.07) is 0. The van der Waals surface area contributed by atoms with Crippen molar-refractivity contribution in [1.82, 2.24) is 0 Å². The van der Waals surface area contributed by atoms with E-state index < -0.39 is 0 Å². The lowest BCUT2D eigenvalue weighted by atomic mass is 9.94. The van der Waals surface area contributed by atoms with E-state index in [0.717, 1.165) is 6.42 Å². The molecule has 0 aromatic rings. The molecule has 60 valence electrons. The fourth-order valence-corrected chi connectivity index (χ4v) is 0.772. The number of rotatable bonds is 3. The molecule has 1 unspecified atom stereocenters. The second-order valence-corrected chi connectivity index (χ2v) is 2.70. The fraction of sp³-hybridized carbons (Fsp3) is 0.875. The predicted octanol–water partition coefficient (Wildman–Crippen LogP) is 1.84. The van der Waals surface area contributed by atoms with Gasteiger partial charge in [-0.05, 0) is 5.92 Å². The molecule has 0 aliphatic carbocycles. The first-order valence-corrected chi connectivity index (χ1v) is 3.71. The van der Waals surface area contributed by atoms with Crippen LogP contribution in [0.5, 0.6) is 0 Å². The monoisotopic (exact) mass is 144 g/mol. The van der Waals surface area contributed by atoms with Crippen molar-refractivity contribution >= 4 is 5.97 Å². The summed E-state index contributed by atoms with van der Waals surface area (Å²) in [7, 11) is 1.43. The molecule has 0 heterocycles. The van der Waals surface area contributed by atoms with Crippen LogP contribution in [0.4, 0.5) is 0 Å². The van der Waals surface area contributed by atoms with Gasteiger partial charge in [0, 0.05) is 0 Å². The van der Waals surface area contributed by atoms with E-state index in [1.54, 1.807) is 0 Å². The first kappa shape index (κ1) is 9.47. The zero-order valence-electron chi connectivity index (χ0n) is 7.18. The third kappa shape index (κ3) is 2.38. The predicted molar refractivity (Wildman–Crippen MR) is 40.6 cm³/mol. The molecule has 0 aromatic carbocycles. The Morgan fingerprint density at radius 3 is 2.30 bits per heavy atom. The van der Waals surface area contributed by atoms with Gasteiger partial charge >= 0.3 is 5.97 Å². The van der Waals surface area contributed by atoms with Crippen LogP contribution in [-0.4, -0.2) is 13.1 Å². The van der Waals surface area contributed by atoms with Crippen LogP contribution in [-0.2, 0) is 9.53 Å². The van der Waals surface area contributed by atoms with Crippen LogP contribution in [0, 0.1) is 11.8 Å². The van der Waals surface area contributed by atoms with Crippen molar-refractivity contribution in [3.63, 3.8) is 0 Å². The summed E-state index contributed by atoms with van der Waals surface area (Å²) in [6.07, 6.45) is 1.02. The number of hydrogen-bond acceptors (Lipinski definition) is 2. The third-order valence-corrected chi connectivity index (χ3v) is 2.07. The van der Waals surface area contributed by atoms with Crippen LogP contribution >= 0.6 is 0 Å². The molecule has 0 fully saturated rings. The Bertz CT molecular complexity index is 110. The first-order chi connectivity index (χ1) is 4.63. The molecule has 0 radical (unpaired) electrons. The summed E-state index contributed by atoms with van der Waals surface area (Å²) >= 11 is 0. The first-order valence-electron chi connectivity index (χ1n) is 3.71. The molecule has 10 heavy (non-hydrogen) atoms. The van der Waals surface area contributed by atoms with Gasteiger partial charge in [0.15, 0.2) is 0 Å². The molecule has 0 amide bonds. The molecular formula is C8H16O2. The zero-order valence-corrected chi connectivity index (χ0v) is 7.18. The van der Waals surface area contributed by atoms with Crippen molar-refractivity contribution in [2.45, 2.75) is 27.2 Å². The van der Waals surface area contributed by atoms with Gasteiger partial charge in [-0.25, -0.2) is 0 Å². The quantitative estimate of drug-likeness (QED) is 0.565. The van der Waals surface area contributed by atoms with Gasteiger partial charge in [0.05, 0.1) is 13.0 Å². The van der Waals surface area contributed by atoms with Gasteiger partial charge in [-0.15, -0.1) is 0 Å². The molecule has 0 saturated carbocycles. The number of hydrogen-bond donors (Lipinski definition) is 0. The van der Waals surface area contributed by atoms with Gasteiger partial charge in [-0.3, -0.25) is 4.79 Å². The van der Waals surface area contributed by atoms with Gasteiger partial charge in [-0.1, -0.05) is 27.2 Å². The lowest BCUT2D eigenvalue weighted by Gasteiger charge is -2.14. The number of carbonyl (C=O) groups excluding carboxylic acids is 1. The second kappa shape index (κ2) is 4.31. The minimum Gasteiger partial charge on any atom is -0.469 e. The molecule has 0 aliphatic heterocycles. The maximum atomic E-state index is 10.9. The summed E-state index contributed by atoms with van der Waals surface area (Å²) in [5, 5.41) is 0. The molecular weight excluding hydrogens is 128 g/mol. The topological polar surface area (TPSA) is 26.3 Å². The van der Waals surface area contributed by atoms with E-state index in [0.29, 0.717) is 5.92 Å². The highest BCUT2D eigenvalue weighted by atomic mass is 16.5. The molecule has 0 N–H and O–H groups in total. The van der Waals surface area contributed by atoms with E-state index in [9.17, 15) is 4.79 Å². The average molecular weight is 144 g/mol. The van der Waals surface area contributed by atoms with Crippen LogP contribution in [0.15, 0.2) is 0 Å². The van der Waals surface area contributed by atoms with Crippen molar-refractivity contribution in [2.24, 2.45) is 11.8 Å². The van der Waals surface area contributed by atoms with Gasteiger partial charge < -0.3 is 4.74 Å². The Balaban J connectivity index is 3.81. The summed E-state index contributed by atoms with van der Waals surface area (Å²) < 4.78 is 4.60. The Labute approximate surface area is 62.6 Å². The normalized spacial score (nSPS) is 16.0. The minimum absolute atomic E-state index is 0.0370. The van der Waals surface area contributed by atoms with Gasteiger partial charge in [0.25, 0.3) is 0 Å². The SMILES string of the molecule is CCC(C)[C@H](C)C(=O)OC. The Kier molecular flexibility index (Phi) is 4.08. The summed E-state index contributed by atoms with van der Waals surface area (Å²) in [6.45, 7) is 6.03. The summed E-state index contributed by atoms with van der Waals surface area (Å²) in [5.74, 6) is 0.358. The number of esters is 1. The lowest BCUT2D eigenvalue weighted by molar-refractivity contribution is -0.146. The van der Waals surface area contributed by atoms with E-state index in [1.807, 2.05) is 6.92 Å². The molecule has 0 saturated heterocycles. The Morgan fingerprint density at radius 1 is 1.50 bits per heavy atom. The fourth-order valence-electron chi connectivity index (χ4n) is 0.772. The molecule has 0 aromatic heterocycles. The maximum absolute atomic E-state index is 10.9. The highest BCUT2D eigenvalue weighted by Gasteiger charge is 2.18. The van der Waals surface area contributed by atoms with Gasteiger partial charge in [-0.2, -0.15) is 0 Å². The summed E-state index contributed by atoms with van der Waals surface area (Å²) in [5.41, 5.74) is 0. The van der Waals surface area contributed by atoms with Crippen molar-refractivity contribution in [1.29, 1.82) is 0 Å². The van der Waals surface area contributed by atoms with Crippen LogP contribution < -0.4 is 0 Å². The standard InChI is InChI=1S/C8H16O2/c1-5-6(2)7(3)8(9)10-4/h6-7H,5H2,1-4H3/t6?,7-/m0/s1. The van der Waals surface area contributed by atoms with Crippen LogP contribution in [0.2, 0.25) is 0 Å². The van der Waals surface area contributed by atoms with Crippen molar-refractivity contribution < 1.29 is 9.53 Å². The second-order valence-electron chi connectivity index (χ2n) is 2.70. The van der Waals surface area contributed by atoms with E-state index >= 15 is 0 Å². The largest absolute Gasteiger partial charge is 0.469 e. The number of ether oxygens (including phenoxy) is 1. The van der Waals surface area contributed by atoms with E-state index in [-0.39, 0.29) is 11.9 Å². The van der Waals surface area contributed by atoms with Crippen molar-refractivity contribution in [2.75, 3.05) is 7.11 Å². The molecule has 2 nitrogen and oxygen atoms in total. The molecule has 2 atom stereocenters. The number of carbonyl (C=O) groups is 1. The third-order valence-electron chi connectivity index (χ3n) is 2.07. The zero-order chi connectivity index (χ0) is 8.15. The maximum Gasteiger partial charge on any atom is 0.308 e. The van der Waals surface area contributed by atoms with Gasteiger partial charge in [0.1, 0.15) is 0 Å². The summed E-state index contributed by atoms with van der Waals surface area (Å²) in [4.78, 5) is 10.9. The van der Waals surface area contributed by atoms with Gasteiger partial charge in [0.2, 0.25) is 0 Å². The highest BCUT2D eigenvalue weighted by molar-refractivity contribution is 5.72. The minimum atomic E-state index is -0.102. The smallest absolute Gasteiger partial charge is 0.308 e. The lowest BCUT2D eigenvalue weighted by Crippen LogP contribution is -2.19. The van der Waals surface area contributed by atoms with E-state index in [2.05, 4.69) is 18.6 Å². The molecule has 0 spiro atoms. The molecule has 0 rings (SSSR count).